The lowest BCUT2D eigenvalue weighted by molar-refractivity contribution is -0.122. The summed E-state index contributed by atoms with van der Waals surface area (Å²) >= 11 is 2.44. The van der Waals surface area contributed by atoms with Crippen molar-refractivity contribution >= 4 is 46.2 Å². The van der Waals surface area contributed by atoms with Gasteiger partial charge in [-0.05, 0) is 60.3 Å². The number of hydrogen-bond donors (Lipinski definition) is 1. The lowest BCUT2D eigenvalue weighted by atomic mass is 10.0. The molecule has 1 fully saturated rings. The summed E-state index contributed by atoms with van der Waals surface area (Å²) in [6.45, 7) is 4.22. The minimum Gasteiger partial charge on any atom is -0.350 e. The topological polar surface area (TPSA) is 66.5 Å². The van der Waals surface area contributed by atoms with Crippen molar-refractivity contribution in [3.63, 3.8) is 0 Å². The number of rotatable bonds is 5. The molecule has 0 aliphatic carbocycles. The van der Waals surface area contributed by atoms with Gasteiger partial charge in [-0.3, -0.25) is 19.3 Å². The number of hydrogen-bond acceptors (Lipinski definition) is 5. The molecule has 7 heteroatoms. The number of nitrogens with one attached hydrogen (secondary N) is 1. The molecular formula is C19H18N2O3S2. The number of benzene rings is 1. The lowest BCUT2D eigenvalue weighted by Gasteiger charge is -2.14. The van der Waals surface area contributed by atoms with Crippen molar-refractivity contribution in [1.82, 2.24) is 10.2 Å². The van der Waals surface area contributed by atoms with Crippen LogP contribution in [0.15, 0.2) is 40.6 Å². The Labute approximate surface area is 160 Å². The molecule has 1 aromatic carbocycles. The van der Waals surface area contributed by atoms with Crippen LogP contribution in [0, 0.1) is 13.8 Å². The van der Waals surface area contributed by atoms with E-state index >= 15 is 0 Å². The Bertz CT molecular complexity index is 888. The zero-order valence-corrected chi connectivity index (χ0v) is 16.1. The molecule has 1 aromatic heterocycles. The predicted molar refractivity (Wildman–Crippen MR) is 105 cm³/mol. The SMILES string of the molecule is Cc1cccc(C(=O)NCCN2C(=O)SC(=Cc3cccs3)C2=O)c1C. The van der Waals surface area contributed by atoms with Gasteiger partial charge in [0.1, 0.15) is 0 Å². The average molecular weight is 386 g/mol. The number of carbonyl (C=O) groups is 3. The van der Waals surface area contributed by atoms with Gasteiger partial charge < -0.3 is 5.32 Å². The van der Waals surface area contributed by atoms with E-state index in [0.29, 0.717) is 10.5 Å². The van der Waals surface area contributed by atoms with E-state index in [-0.39, 0.29) is 30.1 Å². The van der Waals surface area contributed by atoms with Gasteiger partial charge in [-0.25, -0.2) is 0 Å². The van der Waals surface area contributed by atoms with Crippen LogP contribution in [-0.2, 0) is 4.79 Å². The van der Waals surface area contributed by atoms with E-state index < -0.39 is 0 Å². The maximum atomic E-state index is 12.4. The second-order valence-electron chi connectivity index (χ2n) is 5.85. The number of thioether (sulfide) groups is 1. The highest BCUT2D eigenvalue weighted by Crippen LogP contribution is 2.32. The van der Waals surface area contributed by atoms with Crippen molar-refractivity contribution in [3.05, 3.63) is 62.2 Å². The highest BCUT2D eigenvalue weighted by atomic mass is 32.2. The monoisotopic (exact) mass is 386 g/mol. The predicted octanol–water partition coefficient (Wildman–Crippen LogP) is 3.83. The molecule has 1 aliphatic rings. The van der Waals surface area contributed by atoms with Gasteiger partial charge in [0.15, 0.2) is 0 Å². The van der Waals surface area contributed by atoms with Crippen molar-refractivity contribution in [2.45, 2.75) is 13.8 Å². The van der Waals surface area contributed by atoms with Crippen LogP contribution in [0.2, 0.25) is 0 Å². The molecule has 3 rings (SSSR count). The number of carbonyl (C=O) groups excluding carboxylic acids is 3. The van der Waals surface area contributed by atoms with Gasteiger partial charge in [0.25, 0.3) is 17.1 Å². The van der Waals surface area contributed by atoms with Gasteiger partial charge >= 0.3 is 0 Å². The van der Waals surface area contributed by atoms with Crippen LogP contribution < -0.4 is 5.32 Å². The second-order valence-corrected chi connectivity index (χ2v) is 7.82. The van der Waals surface area contributed by atoms with Gasteiger partial charge in [-0.2, -0.15) is 0 Å². The summed E-state index contributed by atoms with van der Waals surface area (Å²) in [6, 6.07) is 9.34. The first-order chi connectivity index (χ1) is 12.5. The normalized spacial score (nSPS) is 15.8. The number of aryl methyl sites for hydroxylation is 1. The van der Waals surface area contributed by atoms with Gasteiger partial charge in [-0.1, -0.05) is 18.2 Å². The summed E-state index contributed by atoms with van der Waals surface area (Å²) in [6.07, 6.45) is 1.73. The van der Waals surface area contributed by atoms with Crippen LogP contribution in [0.3, 0.4) is 0 Å². The smallest absolute Gasteiger partial charge is 0.293 e. The second kappa shape index (κ2) is 7.88. The van der Waals surface area contributed by atoms with E-state index in [1.54, 1.807) is 12.1 Å². The summed E-state index contributed by atoms with van der Waals surface area (Å²) < 4.78 is 0. The first kappa shape index (κ1) is 18.4. The van der Waals surface area contributed by atoms with Gasteiger partial charge in [0, 0.05) is 23.5 Å². The van der Waals surface area contributed by atoms with Crippen molar-refractivity contribution in [2.75, 3.05) is 13.1 Å². The Balaban J connectivity index is 1.59. The summed E-state index contributed by atoms with van der Waals surface area (Å²) in [4.78, 5) is 39.3. The molecule has 0 radical (unpaired) electrons. The molecule has 0 saturated carbocycles. The first-order valence-electron chi connectivity index (χ1n) is 8.10. The van der Waals surface area contributed by atoms with Crippen molar-refractivity contribution in [2.24, 2.45) is 0 Å². The largest absolute Gasteiger partial charge is 0.350 e. The first-order valence-corrected chi connectivity index (χ1v) is 9.80. The Morgan fingerprint density at radius 3 is 2.73 bits per heavy atom. The van der Waals surface area contributed by atoms with Crippen LogP contribution in [0.5, 0.6) is 0 Å². The molecule has 5 nitrogen and oxygen atoms in total. The molecule has 2 heterocycles. The standard InChI is InChI=1S/C19H18N2O3S2/c1-12-5-3-7-15(13(12)2)17(22)20-8-9-21-18(23)16(26-19(21)24)11-14-6-4-10-25-14/h3-7,10-11H,8-9H2,1-2H3,(H,20,22). The number of nitrogens with zero attached hydrogens (tertiary/aromatic N) is 1. The lowest BCUT2D eigenvalue weighted by Crippen LogP contribution is -2.37. The minimum atomic E-state index is -0.311. The van der Waals surface area contributed by atoms with E-state index in [4.69, 9.17) is 0 Å². The fourth-order valence-electron chi connectivity index (χ4n) is 2.57. The Hall–Kier alpha value is -2.38. The molecule has 1 saturated heterocycles. The molecule has 0 spiro atoms. The van der Waals surface area contributed by atoms with Crippen molar-refractivity contribution in [1.29, 1.82) is 0 Å². The van der Waals surface area contributed by atoms with E-state index in [0.717, 1.165) is 27.8 Å². The Morgan fingerprint density at radius 1 is 1.19 bits per heavy atom. The van der Waals surface area contributed by atoms with E-state index in [9.17, 15) is 14.4 Å². The Kier molecular flexibility index (Phi) is 5.58. The number of amides is 3. The van der Waals surface area contributed by atoms with Crippen LogP contribution >= 0.6 is 23.1 Å². The quantitative estimate of drug-likeness (QED) is 0.793. The van der Waals surface area contributed by atoms with E-state index in [1.165, 1.54) is 16.2 Å². The van der Waals surface area contributed by atoms with E-state index in [2.05, 4.69) is 5.32 Å². The van der Waals surface area contributed by atoms with Crippen molar-refractivity contribution < 1.29 is 14.4 Å². The molecule has 1 N–H and O–H groups in total. The third-order valence-electron chi connectivity index (χ3n) is 4.16. The third kappa shape index (κ3) is 3.89. The van der Waals surface area contributed by atoms with Gasteiger partial charge in [0.2, 0.25) is 0 Å². The molecule has 2 aromatic rings. The number of imide groups is 1. The van der Waals surface area contributed by atoms with Crippen molar-refractivity contribution in [3.8, 4) is 0 Å². The summed E-state index contributed by atoms with van der Waals surface area (Å²) in [5.74, 6) is -0.512. The number of thiophene rings is 1. The van der Waals surface area contributed by atoms with Gasteiger partial charge in [0.05, 0.1) is 4.91 Å². The molecule has 3 amide bonds. The maximum Gasteiger partial charge on any atom is 0.293 e. The van der Waals surface area contributed by atoms with Crippen LogP contribution in [0.25, 0.3) is 6.08 Å². The fourth-order valence-corrected chi connectivity index (χ4v) is 4.16. The molecule has 0 unspecified atom stereocenters. The maximum absolute atomic E-state index is 12.4. The molecule has 1 aliphatic heterocycles. The summed E-state index contributed by atoms with van der Waals surface area (Å²) in [5, 5.41) is 4.39. The zero-order chi connectivity index (χ0) is 18.7. The molecule has 0 atom stereocenters. The fraction of sp³-hybridized carbons (Fsp3) is 0.211. The minimum absolute atomic E-state index is 0.156. The summed E-state index contributed by atoms with van der Waals surface area (Å²) in [5.41, 5.74) is 2.58. The summed E-state index contributed by atoms with van der Waals surface area (Å²) in [7, 11) is 0. The highest BCUT2D eigenvalue weighted by molar-refractivity contribution is 8.18. The third-order valence-corrected chi connectivity index (χ3v) is 5.89. The molecule has 26 heavy (non-hydrogen) atoms. The highest BCUT2D eigenvalue weighted by Gasteiger charge is 2.34. The van der Waals surface area contributed by atoms with Crippen LogP contribution in [0.4, 0.5) is 4.79 Å². The average Bonchev–Trinajstić information content (AvgIpc) is 3.21. The van der Waals surface area contributed by atoms with Crippen LogP contribution in [0.1, 0.15) is 26.4 Å². The molecule has 134 valence electrons. The van der Waals surface area contributed by atoms with Gasteiger partial charge in [-0.15, -0.1) is 11.3 Å². The molecule has 0 bridgehead atoms. The Morgan fingerprint density at radius 2 is 2.00 bits per heavy atom. The zero-order valence-electron chi connectivity index (χ0n) is 14.4. The van der Waals surface area contributed by atoms with E-state index in [1.807, 2.05) is 43.5 Å². The van der Waals surface area contributed by atoms with Crippen LogP contribution in [-0.4, -0.2) is 35.0 Å². The molecular weight excluding hydrogens is 368 g/mol.